The van der Waals surface area contributed by atoms with Gasteiger partial charge in [0.05, 0.1) is 5.69 Å². The van der Waals surface area contributed by atoms with Crippen molar-refractivity contribution in [3.8, 4) is 0 Å². The fourth-order valence-electron chi connectivity index (χ4n) is 1.50. The molecule has 0 spiro atoms. The van der Waals surface area contributed by atoms with E-state index in [0.717, 1.165) is 13.1 Å². The molecule has 0 unspecified atom stereocenters. The largest absolute Gasteiger partial charge is 0.384 e. The summed E-state index contributed by atoms with van der Waals surface area (Å²) in [6, 6.07) is 4.63. The summed E-state index contributed by atoms with van der Waals surface area (Å²) >= 11 is 0. The van der Waals surface area contributed by atoms with Gasteiger partial charge in [0.1, 0.15) is 11.7 Å². The molecule has 1 aromatic carbocycles. The zero-order valence-electron chi connectivity index (χ0n) is 9.05. The van der Waals surface area contributed by atoms with Gasteiger partial charge in [-0.1, -0.05) is 0 Å². The monoisotopic (exact) mass is 209 g/mol. The second-order valence-corrected chi connectivity index (χ2v) is 3.25. The molecule has 0 aliphatic rings. The van der Waals surface area contributed by atoms with Crippen LogP contribution in [0.1, 0.15) is 19.4 Å². The summed E-state index contributed by atoms with van der Waals surface area (Å²) in [5.41, 5.74) is 6.26. The molecule has 0 radical (unpaired) electrons. The number of hydrogen-bond acceptors (Lipinski definition) is 2. The summed E-state index contributed by atoms with van der Waals surface area (Å²) in [5, 5.41) is 7.20. The quantitative estimate of drug-likeness (QED) is 0.588. The maximum absolute atomic E-state index is 13.6. The number of halogens is 1. The molecule has 1 rings (SSSR count). The van der Waals surface area contributed by atoms with Crippen molar-refractivity contribution < 1.29 is 4.39 Å². The molecule has 0 atom stereocenters. The predicted octanol–water partition coefficient (Wildman–Crippen LogP) is 1.96. The zero-order valence-corrected chi connectivity index (χ0v) is 9.05. The molecule has 15 heavy (non-hydrogen) atoms. The van der Waals surface area contributed by atoms with Crippen LogP contribution in [-0.4, -0.2) is 18.9 Å². The van der Waals surface area contributed by atoms with Gasteiger partial charge in [0.15, 0.2) is 0 Å². The third kappa shape index (κ3) is 2.46. The SMILES string of the molecule is CCN(CC)c1ccc(C(=N)N)cc1F. The number of nitrogens with two attached hydrogens (primary N) is 1. The lowest BCUT2D eigenvalue weighted by atomic mass is 10.1. The number of rotatable bonds is 4. The summed E-state index contributed by atoms with van der Waals surface area (Å²) < 4.78 is 13.6. The molecule has 0 aliphatic carbocycles. The Morgan fingerprint density at radius 1 is 1.40 bits per heavy atom. The van der Waals surface area contributed by atoms with E-state index in [0.29, 0.717) is 11.3 Å². The minimum atomic E-state index is -0.327. The minimum absolute atomic E-state index is 0.111. The van der Waals surface area contributed by atoms with Gasteiger partial charge in [0.2, 0.25) is 0 Å². The van der Waals surface area contributed by atoms with Crippen molar-refractivity contribution in [2.75, 3.05) is 18.0 Å². The Balaban J connectivity index is 3.07. The highest BCUT2D eigenvalue weighted by Crippen LogP contribution is 2.19. The van der Waals surface area contributed by atoms with Gasteiger partial charge in [0, 0.05) is 18.7 Å². The number of hydrogen-bond donors (Lipinski definition) is 2. The first kappa shape index (κ1) is 11.5. The van der Waals surface area contributed by atoms with E-state index in [2.05, 4.69) is 0 Å². The number of benzene rings is 1. The van der Waals surface area contributed by atoms with Crippen molar-refractivity contribution in [3.63, 3.8) is 0 Å². The molecule has 0 heterocycles. The molecular weight excluding hydrogens is 193 g/mol. The first-order chi connectivity index (χ1) is 7.10. The molecule has 1 aromatic rings. The molecule has 3 N–H and O–H groups in total. The Morgan fingerprint density at radius 3 is 2.40 bits per heavy atom. The highest BCUT2D eigenvalue weighted by molar-refractivity contribution is 5.95. The summed E-state index contributed by atoms with van der Waals surface area (Å²) in [4.78, 5) is 1.92. The lowest BCUT2D eigenvalue weighted by Crippen LogP contribution is -2.23. The molecule has 82 valence electrons. The lowest BCUT2D eigenvalue weighted by Gasteiger charge is -2.21. The van der Waals surface area contributed by atoms with Crippen molar-refractivity contribution in [1.82, 2.24) is 0 Å². The topological polar surface area (TPSA) is 53.1 Å². The second kappa shape index (κ2) is 4.77. The Morgan fingerprint density at radius 2 is 2.00 bits per heavy atom. The average molecular weight is 209 g/mol. The van der Waals surface area contributed by atoms with E-state index in [1.165, 1.54) is 6.07 Å². The van der Waals surface area contributed by atoms with Crippen molar-refractivity contribution in [2.45, 2.75) is 13.8 Å². The highest BCUT2D eigenvalue weighted by Gasteiger charge is 2.09. The zero-order chi connectivity index (χ0) is 11.4. The maximum atomic E-state index is 13.6. The summed E-state index contributed by atoms with van der Waals surface area (Å²) in [7, 11) is 0. The number of nitrogens with one attached hydrogen (secondary N) is 1. The van der Waals surface area contributed by atoms with E-state index in [9.17, 15) is 4.39 Å². The van der Waals surface area contributed by atoms with Crippen LogP contribution >= 0.6 is 0 Å². The molecule has 3 nitrogen and oxygen atoms in total. The van der Waals surface area contributed by atoms with Gasteiger partial charge in [-0.2, -0.15) is 0 Å². The van der Waals surface area contributed by atoms with Gasteiger partial charge < -0.3 is 10.6 Å². The van der Waals surface area contributed by atoms with E-state index < -0.39 is 0 Å². The van der Waals surface area contributed by atoms with Crippen LogP contribution in [0.4, 0.5) is 10.1 Å². The van der Waals surface area contributed by atoms with Crippen LogP contribution in [0.5, 0.6) is 0 Å². The van der Waals surface area contributed by atoms with Crippen LogP contribution in [0.15, 0.2) is 18.2 Å². The fourth-order valence-corrected chi connectivity index (χ4v) is 1.50. The van der Waals surface area contributed by atoms with Crippen molar-refractivity contribution >= 4 is 11.5 Å². The molecule has 0 aromatic heterocycles. The molecule has 0 bridgehead atoms. The van der Waals surface area contributed by atoms with E-state index in [1.54, 1.807) is 12.1 Å². The number of anilines is 1. The highest BCUT2D eigenvalue weighted by atomic mass is 19.1. The predicted molar refractivity (Wildman–Crippen MR) is 61.0 cm³/mol. The van der Waals surface area contributed by atoms with E-state index in [4.69, 9.17) is 11.1 Å². The van der Waals surface area contributed by atoms with Crippen LogP contribution in [-0.2, 0) is 0 Å². The third-order valence-electron chi connectivity index (χ3n) is 2.36. The normalized spacial score (nSPS) is 10.1. The van der Waals surface area contributed by atoms with Gasteiger partial charge >= 0.3 is 0 Å². The Labute approximate surface area is 89.2 Å². The van der Waals surface area contributed by atoms with E-state index >= 15 is 0 Å². The van der Waals surface area contributed by atoms with Gasteiger partial charge in [-0.15, -0.1) is 0 Å². The van der Waals surface area contributed by atoms with Crippen LogP contribution in [0, 0.1) is 11.2 Å². The average Bonchev–Trinajstić information content (AvgIpc) is 2.21. The molecule has 0 amide bonds. The number of nitrogens with zero attached hydrogens (tertiary/aromatic N) is 1. The first-order valence-electron chi connectivity index (χ1n) is 4.99. The van der Waals surface area contributed by atoms with Crippen molar-refractivity contribution in [2.24, 2.45) is 5.73 Å². The minimum Gasteiger partial charge on any atom is -0.384 e. The lowest BCUT2D eigenvalue weighted by molar-refractivity contribution is 0.619. The smallest absolute Gasteiger partial charge is 0.147 e. The number of amidine groups is 1. The van der Waals surface area contributed by atoms with Gasteiger partial charge in [-0.3, -0.25) is 5.41 Å². The number of nitrogen functional groups attached to an aromatic ring is 1. The fraction of sp³-hybridized carbons (Fsp3) is 0.364. The maximum Gasteiger partial charge on any atom is 0.147 e. The van der Waals surface area contributed by atoms with Crippen LogP contribution in [0.2, 0.25) is 0 Å². The summed E-state index contributed by atoms with van der Waals surface area (Å²) in [6.07, 6.45) is 0. The standard InChI is InChI=1S/C11H16FN3/c1-3-15(4-2)10-6-5-8(11(13)14)7-9(10)12/h5-7H,3-4H2,1-2H3,(H3,13,14). The Hall–Kier alpha value is -1.58. The third-order valence-corrected chi connectivity index (χ3v) is 2.36. The van der Waals surface area contributed by atoms with Gasteiger partial charge in [-0.05, 0) is 32.0 Å². The van der Waals surface area contributed by atoms with Crippen LogP contribution < -0.4 is 10.6 Å². The molecular formula is C11H16FN3. The first-order valence-corrected chi connectivity index (χ1v) is 4.99. The van der Waals surface area contributed by atoms with E-state index in [-0.39, 0.29) is 11.7 Å². The molecule has 0 fully saturated rings. The molecule has 0 saturated carbocycles. The van der Waals surface area contributed by atoms with E-state index in [1.807, 2.05) is 18.7 Å². The Kier molecular flexibility index (Phi) is 3.66. The van der Waals surface area contributed by atoms with Gasteiger partial charge in [-0.25, -0.2) is 4.39 Å². The molecule has 0 aliphatic heterocycles. The van der Waals surface area contributed by atoms with Crippen molar-refractivity contribution in [3.05, 3.63) is 29.6 Å². The molecule has 4 heteroatoms. The second-order valence-electron chi connectivity index (χ2n) is 3.25. The summed E-state index contributed by atoms with van der Waals surface area (Å²) in [5.74, 6) is -0.439. The van der Waals surface area contributed by atoms with Gasteiger partial charge in [0.25, 0.3) is 0 Å². The Bertz CT molecular complexity index is 359. The van der Waals surface area contributed by atoms with Crippen LogP contribution in [0.25, 0.3) is 0 Å². The summed E-state index contributed by atoms with van der Waals surface area (Å²) in [6.45, 7) is 5.46. The van der Waals surface area contributed by atoms with Crippen molar-refractivity contribution in [1.29, 1.82) is 5.41 Å². The van der Waals surface area contributed by atoms with Crippen LogP contribution in [0.3, 0.4) is 0 Å². The molecule has 0 saturated heterocycles.